The Morgan fingerprint density at radius 3 is 2.62 bits per heavy atom. The lowest BCUT2D eigenvalue weighted by molar-refractivity contribution is 0.478. The van der Waals surface area contributed by atoms with Crippen LogP contribution in [0, 0.1) is 6.92 Å². The Labute approximate surface area is 105 Å². The molecule has 0 amide bonds. The molecule has 1 heterocycles. The van der Waals surface area contributed by atoms with Gasteiger partial charge in [-0.25, -0.2) is 8.42 Å². The summed E-state index contributed by atoms with van der Waals surface area (Å²) in [7, 11) is -3.30. The Morgan fingerprint density at radius 2 is 2.06 bits per heavy atom. The molecule has 2 rings (SSSR count). The van der Waals surface area contributed by atoms with E-state index in [1.54, 1.807) is 16.4 Å². The second-order valence-electron chi connectivity index (χ2n) is 4.01. The molecule has 5 heteroatoms. The molecular formula is C11H14BrNO2S. The fraction of sp³-hybridized carbons (Fsp3) is 0.455. The zero-order chi connectivity index (χ0) is 11.8. The number of hydrogen-bond acceptors (Lipinski definition) is 2. The molecule has 1 aliphatic rings. The number of aryl methyl sites for hydroxylation is 1. The van der Waals surface area contributed by atoms with Crippen molar-refractivity contribution in [1.29, 1.82) is 0 Å². The van der Waals surface area contributed by atoms with Crippen LogP contribution in [0.5, 0.6) is 0 Å². The maximum atomic E-state index is 12.3. The molecule has 16 heavy (non-hydrogen) atoms. The normalized spacial score (nSPS) is 22.5. The molecule has 1 atom stereocenters. The van der Waals surface area contributed by atoms with Crippen LogP contribution in [-0.4, -0.2) is 30.6 Å². The molecule has 1 fully saturated rings. The third kappa shape index (κ3) is 2.17. The van der Waals surface area contributed by atoms with Crippen LogP contribution < -0.4 is 0 Å². The number of alkyl halides is 1. The van der Waals surface area contributed by atoms with Gasteiger partial charge in [0.05, 0.1) is 4.90 Å². The smallest absolute Gasteiger partial charge is 0.207 e. The molecule has 0 bridgehead atoms. The van der Waals surface area contributed by atoms with E-state index in [0.717, 1.165) is 12.0 Å². The van der Waals surface area contributed by atoms with Crippen molar-refractivity contribution in [2.45, 2.75) is 23.1 Å². The Kier molecular flexibility index (Phi) is 3.37. The molecule has 88 valence electrons. The first-order valence-corrected chi connectivity index (χ1v) is 7.57. The van der Waals surface area contributed by atoms with Crippen LogP contribution in [0.4, 0.5) is 0 Å². The molecule has 3 nitrogen and oxygen atoms in total. The predicted molar refractivity (Wildman–Crippen MR) is 67.3 cm³/mol. The standard InChI is InChI=1S/C11H14BrNO2S/c1-9-4-2-3-5-11(9)16(14,15)13-7-6-10(12)8-13/h2-5,10H,6-8H2,1H3. The van der Waals surface area contributed by atoms with E-state index in [-0.39, 0.29) is 4.83 Å². The van der Waals surface area contributed by atoms with E-state index in [9.17, 15) is 8.42 Å². The van der Waals surface area contributed by atoms with E-state index in [4.69, 9.17) is 0 Å². The fourth-order valence-electron chi connectivity index (χ4n) is 1.89. The number of sulfonamides is 1. The van der Waals surface area contributed by atoms with Gasteiger partial charge in [0.2, 0.25) is 10.0 Å². The van der Waals surface area contributed by atoms with Gasteiger partial charge in [-0.05, 0) is 25.0 Å². The lowest BCUT2D eigenvalue weighted by Crippen LogP contribution is -2.29. The number of hydrogen-bond donors (Lipinski definition) is 0. The second kappa shape index (κ2) is 4.47. The molecule has 0 N–H and O–H groups in total. The number of benzene rings is 1. The summed E-state index contributed by atoms with van der Waals surface area (Å²) >= 11 is 3.46. The average molecular weight is 304 g/mol. The molecule has 0 spiro atoms. The summed E-state index contributed by atoms with van der Waals surface area (Å²) in [4.78, 5) is 0.711. The topological polar surface area (TPSA) is 37.4 Å². The van der Waals surface area contributed by atoms with Crippen LogP contribution in [-0.2, 0) is 10.0 Å². The van der Waals surface area contributed by atoms with Crippen LogP contribution >= 0.6 is 15.9 Å². The molecule has 1 aliphatic heterocycles. The number of halogens is 1. The highest BCUT2D eigenvalue weighted by atomic mass is 79.9. The van der Waals surface area contributed by atoms with E-state index >= 15 is 0 Å². The maximum absolute atomic E-state index is 12.3. The zero-order valence-electron chi connectivity index (χ0n) is 9.06. The molecule has 0 radical (unpaired) electrons. The highest BCUT2D eigenvalue weighted by Gasteiger charge is 2.31. The molecule has 0 aliphatic carbocycles. The molecule has 1 unspecified atom stereocenters. The summed E-state index contributed by atoms with van der Waals surface area (Å²) in [5, 5.41) is 0. The van der Waals surface area contributed by atoms with Gasteiger partial charge in [0.1, 0.15) is 0 Å². The Hall–Kier alpha value is -0.390. The van der Waals surface area contributed by atoms with Gasteiger partial charge >= 0.3 is 0 Å². The fourth-order valence-corrected chi connectivity index (χ4v) is 4.36. The predicted octanol–water partition coefficient (Wildman–Crippen LogP) is 2.15. The van der Waals surface area contributed by atoms with E-state index < -0.39 is 10.0 Å². The lowest BCUT2D eigenvalue weighted by Gasteiger charge is -2.17. The summed E-state index contributed by atoms with van der Waals surface area (Å²) < 4.78 is 26.2. The summed E-state index contributed by atoms with van der Waals surface area (Å²) in [6, 6.07) is 7.12. The number of nitrogens with zero attached hydrogens (tertiary/aromatic N) is 1. The van der Waals surface area contributed by atoms with Crippen LogP contribution in [0.2, 0.25) is 0 Å². The third-order valence-corrected chi connectivity index (χ3v) is 5.58. The zero-order valence-corrected chi connectivity index (χ0v) is 11.5. The van der Waals surface area contributed by atoms with Crippen molar-refractivity contribution in [3.63, 3.8) is 0 Å². The minimum absolute atomic E-state index is 0.284. The number of rotatable bonds is 2. The van der Waals surface area contributed by atoms with Gasteiger partial charge in [-0.3, -0.25) is 0 Å². The van der Waals surface area contributed by atoms with Gasteiger partial charge in [-0.1, -0.05) is 34.1 Å². The Bertz CT molecular complexity index is 487. The van der Waals surface area contributed by atoms with Crippen molar-refractivity contribution >= 4 is 26.0 Å². The van der Waals surface area contributed by atoms with Crippen LogP contribution in [0.1, 0.15) is 12.0 Å². The van der Waals surface area contributed by atoms with Crippen LogP contribution in [0.25, 0.3) is 0 Å². The SMILES string of the molecule is Cc1ccccc1S(=O)(=O)N1CCC(Br)C1. The van der Waals surface area contributed by atoms with Crippen LogP contribution in [0.15, 0.2) is 29.2 Å². The van der Waals surface area contributed by atoms with Crippen molar-refractivity contribution < 1.29 is 8.42 Å². The first-order chi connectivity index (χ1) is 7.51. The van der Waals surface area contributed by atoms with E-state index in [1.165, 1.54) is 0 Å². The van der Waals surface area contributed by atoms with Crippen molar-refractivity contribution in [3.8, 4) is 0 Å². The third-order valence-electron chi connectivity index (χ3n) is 2.80. The first kappa shape index (κ1) is 12.1. The largest absolute Gasteiger partial charge is 0.243 e. The molecule has 0 aromatic heterocycles. The minimum Gasteiger partial charge on any atom is -0.207 e. The summed E-state index contributed by atoms with van der Waals surface area (Å²) in [6.45, 7) is 3.00. The first-order valence-electron chi connectivity index (χ1n) is 5.21. The monoisotopic (exact) mass is 303 g/mol. The quantitative estimate of drug-likeness (QED) is 0.785. The van der Waals surface area contributed by atoms with Crippen LogP contribution in [0.3, 0.4) is 0 Å². The summed E-state index contributed by atoms with van der Waals surface area (Å²) in [5.74, 6) is 0. The van der Waals surface area contributed by atoms with E-state index in [0.29, 0.717) is 18.0 Å². The van der Waals surface area contributed by atoms with Gasteiger partial charge in [0, 0.05) is 17.9 Å². The van der Waals surface area contributed by atoms with Crippen molar-refractivity contribution in [3.05, 3.63) is 29.8 Å². The van der Waals surface area contributed by atoms with Crippen molar-refractivity contribution in [2.75, 3.05) is 13.1 Å². The molecule has 1 aromatic rings. The Balaban J connectivity index is 2.36. The van der Waals surface area contributed by atoms with E-state index in [2.05, 4.69) is 15.9 Å². The molecule has 0 saturated carbocycles. The van der Waals surface area contributed by atoms with E-state index in [1.807, 2.05) is 19.1 Å². The highest BCUT2D eigenvalue weighted by Crippen LogP contribution is 2.25. The van der Waals surface area contributed by atoms with Crippen molar-refractivity contribution in [2.24, 2.45) is 0 Å². The minimum atomic E-state index is -3.30. The van der Waals surface area contributed by atoms with Crippen molar-refractivity contribution in [1.82, 2.24) is 4.31 Å². The molecule has 1 aromatic carbocycles. The Morgan fingerprint density at radius 1 is 1.38 bits per heavy atom. The summed E-state index contributed by atoms with van der Waals surface area (Å²) in [6.07, 6.45) is 0.880. The summed E-state index contributed by atoms with van der Waals surface area (Å²) in [5.41, 5.74) is 0.806. The van der Waals surface area contributed by atoms with Gasteiger partial charge in [-0.2, -0.15) is 4.31 Å². The average Bonchev–Trinajstić information content (AvgIpc) is 2.66. The second-order valence-corrected chi connectivity index (χ2v) is 7.22. The lowest BCUT2D eigenvalue weighted by atomic mass is 10.2. The van der Waals surface area contributed by atoms with Gasteiger partial charge < -0.3 is 0 Å². The molecule has 1 saturated heterocycles. The van der Waals surface area contributed by atoms with Gasteiger partial charge in [0.15, 0.2) is 0 Å². The van der Waals surface area contributed by atoms with Gasteiger partial charge in [0.25, 0.3) is 0 Å². The van der Waals surface area contributed by atoms with Gasteiger partial charge in [-0.15, -0.1) is 0 Å². The molecular weight excluding hydrogens is 290 g/mol. The highest BCUT2D eigenvalue weighted by molar-refractivity contribution is 9.09. The maximum Gasteiger partial charge on any atom is 0.243 e.